The van der Waals surface area contributed by atoms with Crippen molar-refractivity contribution < 1.29 is 22.6 Å². The van der Waals surface area contributed by atoms with Gasteiger partial charge in [-0.25, -0.2) is 9.59 Å². The molecule has 9 heteroatoms. The van der Waals surface area contributed by atoms with E-state index in [0.717, 1.165) is 32.1 Å². The number of nitrogens with zero attached hydrogens (tertiary/aromatic N) is 2. The maximum Gasteiger partial charge on any atom is 0.318 e. The lowest BCUT2D eigenvalue weighted by Crippen LogP contribution is -2.62. The third-order valence-electron chi connectivity index (χ3n) is 6.04. The van der Waals surface area contributed by atoms with Crippen LogP contribution in [-0.4, -0.2) is 57.4 Å². The summed E-state index contributed by atoms with van der Waals surface area (Å²) in [6.45, 7) is 14.0. The van der Waals surface area contributed by atoms with Crippen molar-refractivity contribution in [2.24, 2.45) is 4.99 Å². The van der Waals surface area contributed by atoms with Gasteiger partial charge in [-0.05, 0) is 81.1 Å². The van der Waals surface area contributed by atoms with Crippen molar-refractivity contribution in [3.63, 3.8) is 0 Å². The highest BCUT2D eigenvalue weighted by Gasteiger charge is 2.45. The second-order valence-corrected chi connectivity index (χ2v) is 13.4. The minimum absolute atomic E-state index is 0.0160. The van der Waals surface area contributed by atoms with E-state index >= 15 is 0 Å². The molecule has 0 atom stereocenters. The molecule has 1 rings (SSSR count). The van der Waals surface area contributed by atoms with Gasteiger partial charge in [0, 0.05) is 17.1 Å². The van der Waals surface area contributed by atoms with E-state index in [0.29, 0.717) is 6.42 Å². The van der Waals surface area contributed by atoms with E-state index in [1.54, 1.807) is 11.0 Å². The SMILES string of the molecule is CC(C)(CC(C)(C)NC(=O)N(C1CCCCC1)C(C)(C)CC(C)(C)S(=O)(=O)O)N=C=O. The van der Waals surface area contributed by atoms with Gasteiger partial charge in [0.05, 0.1) is 10.3 Å². The van der Waals surface area contributed by atoms with E-state index < -0.39 is 31.5 Å². The summed E-state index contributed by atoms with van der Waals surface area (Å²) in [6, 6.07) is -0.295. The normalized spacial score (nSPS) is 17.1. The molecule has 0 unspecified atom stereocenters. The monoisotopic (exact) mass is 459 g/mol. The Bertz CT molecular complexity index is 790. The fourth-order valence-electron chi connectivity index (χ4n) is 5.13. The van der Waals surface area contributed by atoms with Crippen molar-refractivity contribution in [2.75, 3.05) is 0 Å². The molecule has 1 aliphatic carbocycles. The Kier molecular flexibility index (Phi) is 8.54. The molecule has 0 bridgehead atoms. The van der Waals surface area contributed by atoms with Gasteiger partial charge in [-0.3, -0.25) is 4.55 Å². The second kappa shape index (κ2) is 9.59. The van der Waals surface area contributed by atoms with Crippen LogP contribution in [0.2, 0.25) is 0 Å². The topological polar surface area (TPSA) is 116 Å². The molecule has 2 amide bonds. The molecule has 0 saturated heterocycles. The summed E-state index contributed by atoms with van der Waals surface area (Å²) < 4.78 is 32.2. The molecule has 0 aromatic heterocycles. The first-order valence-corrected chi connectivity index (χ1v) is 12.5. The zero-order valence-corrected chi connectivity index (χ0v) is 21.2. The molecule has 2 N–H and O–H groups in total. The van der Waals surface area contributed by atoms with E-state index in [-0.39, 0.29) is 18.5 Å². The molecule has 0 aromatic rings. The Balaban J connectivity index is 3.23. The van der Waals surface area contributed by atoms with E-state index in [2.05, 4.69) is 10.3 Å². The maximum atomic E-state index is 13.6. The lowest BCUT2D eigenvalue weighted by atomic mass is 9.85. The summed E-state index contributed by atoms with van der Waals surface area (Å²) in [5.41, 5.74) is -2.17. The first kappa shape index (κ1) is 27.6. The maximum absolute atomic E-state index is 13.6. The lowest BCUT2D eigenvalue weighted by molar-refractivity contribution is 0.0633. The zero-order valence-electron chi connectivity index (χ0n) is 20.4. The van der Waals surface area contributed by atoms with Crippen molar-refractivity contribution in [2.45, 2.75) is 128 Å². The van der Waals surface area contributed by atoms with Gasteiger partial charge in [-0.2, -0.15) is 13.4 Å². The van der Waals surface area contributed by atoms with E-state index in [9.17, 15) is 22.6 Å². The van der Waals surface area contributed by atoms with Crippen LogP contribution in [0.25, 0.3) is 0 Å². The van der Waals surface area contributed by atoms with Gasteiger partial charge >= 0.3 is 6.03 Å². The molecule has 0 aromatic carbocycles. The first-order valence-electron chi connectivity index (χ1n) is 11.0. The molecule has 0 aliphatic heterocycles. The number of carbonyl (C=O) groups excluding carboxylic acids is 2. The molecule has 1 aliphatic rings. The van der Waals surface area contributed by atoms with Gasteiger partial charge in [-0.1, -0.05) is 19.3 Å². The number of hydrogen-bond acceptors (Lipinski definition) is 5. The fourth-order valence-corrected chi connectivity index (χ4v) is 5.67. The van der Waals surface area contributed by atoms with Gasteiger partial charge in [0.15, 0.2) is 0 Å². The van der Waals surface area contributed by atoms with Crippen LogP contribution in [0.1, 0.15) is 100 Å². The highest BCUT2D eigenvalue weighted by Crippen LogP contribution is 2.36. The molecule has 0 spiro atoms. The van der Waals surface area contributed by atoms with Crippen molar-refractivity contribution in [1.29, 1.82) is 0 Å². The van der Waals surface area contributed by atoms with Crippen molar-refractivity contribution >= 4 is 22.2 Å². The van der Waals surface area contributed by atoms with Gasteiger partial charge in [-0.15, -0.1) is 0 Å². The van der Waals surface area contributed by atoms with Gasteiger partial charge < -0.3 is 10.2 Å². The van der Waals surface area contributed by atoms with Crippen molar-refractivity contribution in [1.82, 2.24) is 10.2 Å². The lowest BCUT2D eigenvalue weighted by Gasteiger charge is -2.48. The average molecular weight is 460 g/mol. The molecule has 8 nitrogen and oxygen atoms in total. The molecular weight excluding hydrogens is 418 g/mol. The number of rotatable bonds is 9. The summed E-state index contributed by atoms with van der Waals surface area (Å²) in [7, 11) is -4.30. The van der Waals surface area contributed by atoms with Gasteiger partial charge in [0.25, 0.3) is 10.1 Å². The number of hydrogen-bond donors (Lipinski definition) is 2. The molecular formula is C22H41N3O5S. The highest BCUT2D eigenvalue weighted by atomic mass is 32.2. The Labute approximate surface area is 188 Å². The van der Waals surface area contributed by atoms with Crippen LogP contribution in [0.15, 0.2) is 4.99 Å². The van der Waals surface area contributed by atoms with E-state index in [1.807, 2.05) is 41.5 Å². The fraction of sp³-hybridized carbons (Fsp3) is 0.909. The summed E-state index contributed by atoms with van der Waals surface area (Å²) in [5.74, 6) is 0. The predicted octanol–water partition coefficient (Wildman–Crippen LogP) is 4.45. The van der Waals surface area contributed by atoms with Crippen LogP contribution < -0.4 is 5.32 Å². The molecule has 0 radical (unpaired) electrons. The predicted molar refractivity (Wildman–Crippen MR) is 122 cm³/mol. The second-order valence-electron chi connectivity index (χ2n) is 11.4. The number of amides is 2. The molecule has 1 saturated carbocycles. The van der Waals surface area contributed by atoms with E-state index in [4.69, 9.17) is 0 Å². The third kappa shape index (κ3) is 7.88. The van der Waals surface area contributed by atoms with Crippen LogP contribution in [0, 0.1) is 0 Å². The van der Waals surface area contributed by atoms with Crippen molar-refractivity contribution in [3.05, 3.63) is 0 Å². The zero-order chi connectivity index (χ0) is 24.3. The smallest absolute Gasteiger partial charge is 0.318 e. The average Bonchev–Trinajstić information content (AvgIpc) is 2.51. The van der Waals surface area contributed by atoms with Crippen LogP contribution >= 0.6 is 0 Å². The summed E-state index contributed by atoms with van der Waals surface area (Å²) in [4.78, 5) is 29.9. The molecule has 31 heavy (non-hydrogen) atoms. The Hall–Kier alpha value is -1.44. The van der Waals surface area contributed by atoms with Crippen LogP contribution in [0.4, 0.5) is 4.79 Å². The molecule has 180 valence electrons. The summed E-state index contributed by atoms with van der Waals surface area (Å²) in [5, 5.41) is 3.08. The Morgan fingerprint density at radius 1 is 1.03 bits per heavy atom. The number of aliphatic imine (C=N–C) groups is 1. The Morgan fingerprint density at radius 3 is 2.00 bits per heavy atom. The molecule has 1 fully saturated rings. The first-order chi connectivity index (χ1) is 13.8. The summed E-state index contributed by atoms with van der Waals surface area (Å²) in [6.07, 6.45) is 6.95. The summed E-state index contributed by atoms with van der Waals surface area (Å²) >= 11 is 0. The number of isocyanates is 1. The number of carbonyl (C=O) groups is 1. The number of nitrogens with one attached hydrogen (secondary N) is 1. The van der Waals surface area contributed by atoms with E-state index in [1.165, 1.54) is 13.8 Å². The van der Waals surface area contributed by atoms with Crippen molar-refractivity contribution in [3.8, 4) is 0 Å². The van der Waals surface area contributed by atoms with Crippen LogP contribution in [0.3, 0.4) is 0 Å². The van der Waals surface area contributed by atoms with Crippen LogP contribution in [-0.2, 0) is 14.9 Å². The van der Waals surface area contributed by atoms with Gasteiger partial charge in [0.2, 0.25) is 6.08 Å². The Morgan fingerprint density at radius 2 is 1.55 bits per heavy atom. The quantitative estimate of drug-likeness (QED) is 0.300. The minimum atomic E-state index is -4.30. The van der Waals surface area contributed by atoms with Crippen LogP contribution in [0.5, 0.6) is 0 Å². The molecule has 0 heterocycles. The third-order valence-corrected chi connectivity index (χ3v) is 7.58. The highest BCUT2D eigenvalue weighted by molar-refractivity contribution is 7.87. The standard InChI is InChI=1S/C22H41N3O5S/c1-19(2,23-16-26)14-20(3,4)24-18(27)25(17-12-10-9-11-13-17)21(5,6)15-22(7,8)31(28,29)30/h17H,9-15H2,1-8H3,(H,24,27)(H,28,29,30). The van der Waals surface area contributed by atoms with Gasteiger partial charge in [0.1, 0.15) is 0 Å². The minimum Gasteiger partial charge on any atom is -0.333 e. The number of urea groups is 1. The largest absolute Gasteiger partial charge is 0.333 e.